The molecule has 0 aliphatic rings. The summed E-state index contributed by atoms with van der Waals surface area (Å²) in [5.74, 6) is -1.51. The molecule has 5 nitrogen and oxygen atoms in total. The van der Waals surface area contributed by atoms with E-state index < -0.39 is 11.8 Å². The van der Waals surface area contributed by atoms with E-state index in [2.05, 4.69) is 4.98 Å². The summed E-state index contributed by atoms with van der Waals surface area (Å²) in [4.78, 5) is 14.7. The molecule has 0 fully saturated rings. The van der Waals surface area contributed by atoms with Crippen molar-refractivity contribution in [3.8, 4) is 16.3 Å². The van der Waals surface area contributed by atoms with Gasteiger partial charge in [0.2, 0.25) is 0 Å². The van der Waals surface area contributed by atoms with E-state index in [1.54, 1.807) is 6.07 Å². The van der Waals surface area contributed by atoms with E-state index in [1.807, 2.05) is 0 Å². The molecule has 1 aromatic carbocycles. The first-order valence-corrected chi connectivity index (χ1v) is 5.68. The first-order valence-electron chi connectivity index (χ1n) is 4.87. The third-order valence-electron chi connectivity index (χ3n) is 2.27. The standard InChI is InChI=1S/C11H9FN2O3S/c1-17-6-4-2-3-5(12)7(6)10-14-8(11(15)16)9(13)18-10/h2-4H,13H2,1H3,(H,15,16). The van der Waals surface area contributed by atoms with Gasteiger partial charge in [0.25, 0.3) is 0 Å². The Hall–Kier alpha value is -2.15. The van der Waals surface area contributed by atoms with Gasteiger partial charge in [0.1, 0.15) is 21.6 Å². The number of carbonyl (C=O) groups is 1. The van der Waals surface area contributed by atoms with Gasteiger partial charge < -0.3 is 15.6 Å². The van der Waals surface area contributed by atoms with Gasteiger partial charge in [-0.3, -0.25) is 0 Å². The summed E-state index contributed by atoms with van der Waals surface area (Å²) in [6.07, 6.45) is 0. The lowest BCUT2D eigenvalue weighted by Crippen LogP contribution is -2.00. The predicted octanol–water partition coefficient (Wildman–Crippen LogP) is 2.24. The van der Waals surface area contributed by atoms with Crippen molar-refractivity contribution in [2.45, 2.75) is 0 Å². The van der Waals surface area contributed by atoms with Gasteiger partial charge in [-0.05, 0) is 12.1 Å². The number of anilines is 1. The highest BCUT2D eigenvalue weighted by Gasteiger charge is 2.20. The molecule has 0 unspecified atom stereocenters. The van der Waals surface area contributed by atoms with Crippen LogP contribution in [0.25, 0.3) is 10.6 Å². The van der Waals surface area contributed by atoms with Crippen molar-refractivity contribution in [1.29, 1.82) is 0 Å². The third kappa shape index (κ3) is 2.00. The number of carboxylic acid groups (broad SMARTS) is 1. The number of nitrogens with zero attached hydrogens (tertiary/aromatic N) is 1. The molecule has 0 aliphatic heterocycles. The monoisotopic (exact) mass is 268 g/mol. The molecule has 1 aromatic heterocycles. The average molecular weight is 268 g/mol. The number of aromatic carboxylic acids is 1. The Kier molecular flexibility index (Phi) is 3.15. The van der Waals surface area contributed by atoms with Crippen LogP contribution in [0.1, 0.15) is 10.5 Å². The van der Waals surface area contributed by atoms with Crippen LogP contribution in [0.2, 0.25) is 0 Å². The zero-order valence-electron chi connectivity index (χ0n) is 9.31. The first kappa shape index (κ1) is 12.3. The third-order valence-corrected chi connectivity index (χ3v) is 3.17. The fraction of sp³-hybridized carbons (Fsp3) is 0.0909. The summed E-state index contributed by atoms with van der Waals surface area (Å²) in [7, 11) is 1.40. The zero-order chi connectivity index (χ0) is 13.3. The second kappa shape index (κ2) is 4.61. The number of ether oxygens (including phenoxy) is 1. The molecule has 0 saturated heterocycles. The van der Waals surface area contributed by atoms with Crippen LogP contribution in [0.5, 0.6) is 5.75 Å². The minimum atomic E-state index is -1.25. The highest BCUT2D eigenvalue weighted by atomic mass is 32.1. The van der Waals surface area contributed by atoms with E-state index in [9.17, 15) is 9.18 Å². The van der Waals surface area contributed by atoms with Crippen LogP contribution < -0.4 is 10.5 Å². The van der Waals surface area contributed by atoms with Crippen molar-refractivity contribution in [1.82, 2.24) is 4.98 Å². The van der Waals surface area contributed by atoms with Gasteiger partial charge in [-0.1, -0.05) is 17.4 Å². The number of hydrogen-bond acceptors (Lipinski definition) is 5. The van der Waals surface area contributed by atoms with E-state index in [1.165, 1.54) is 19.2 Å². The second-order valence-electron chi connectivity index (χ2n) is 3.35. The summed E-state index contributed by atoms with van der Waals surface area (Å²) >= 11 is 0.905. The maximum absolute atomic E-state index is 13.8. The molecule has 0 amide bonds. The molecule has 0 bridgehead atoms. The summed E-state index contributed by atoms with van der Waals surface area (Å²) in [5.41, 5.74) is 5.37. The van der Waals surface area contributed by atoms with Crippen LogP contribution in [0, 0.1) is 5.82 Å². The van der Waals surface area contributed by atoms with Crippen molar-refractivity contribution in [3.63, 3.8) is 0 Å². The summed E-state index contributed by atoms with van der Waals surface area (Å²) < 4.78 is 18.8. The van der Waals surface area contributed by atoms with E-state index in [0.717, 1.165) is 11.3 Å². The fourth-order valence-corrected chi connectivity index (χ4v) is 2.35. The number of methoxy groups -OCH3 is 1. The number of carboxylic acids is 1. The van der Waals surface area contributed by atoms with Crippen molar-refractivity contribution in [2.75, 3.05) is 12.8 Å². The van der Waals surface area contributed by atoms with Crippen LogP contribution in [0.3, 0.4) is 0 Å². The van der Waals surface area contributed by atoms with E-state index in [4.69, 9.17) is 15.6 Å². The molecule has 18 heavy (non-hydrogen) atoms. The minimum Gasteiger partial charge on any atom is -0.496 e. The largest absolute Gasteiger partial charge is 0.496 e. The molecular formula is C11H9FN2O3S. The molecular weight excluding hydrogens is 259 g/mol. The van der Waals surface area contributed by atoms with Crippen LogP contribution in [0.4, 0.5) is 9.39 Å². The van der Waals surface area contributed by atoms with Crippen LogP contribution in [-0.4, -0.2) is 23.2 Å². The molecule has 7 heteroatoms. The van der Waals surface area contributed by atoms with Crippen molar-refractivity contribution in [2.24, 2.45) is 0 Å². The Balaban J connectivity index is 2.62. The van der Waals surface area contributed by atoms with Crippen molar-refractivity contribution in [3.05, 3.63) is 29.7 Å². The molecule has 0 aliphatic carbocycles. The molecule has 2 aromatic rings. The number of rotatable bonds is 3. The van der Waals surface area contributed by atoms with Crippen LogP contribution in [0.15, 0.2) is 18.2 Å². The number of hydrogen-bond donors (Lipinski definition) is 2. The average Bonchev–Trinajstić information content (AvgIpc) is 2.70. The normalized spacial score (nSPS) is 10.3. The number of nitrogens with two attached hydrogens (primary N) is 1. The van der Waals surface area contributed by atoms with Crippen LogP contribution in [-0.2, 0) is 0 Å². The van der Waals surface area contributed by atoms with Gasteiger partial charge >= 0.3 is 5.97 Å². The smallest absolute Gasteiger partial charge is 0.357 e. The van der Waals surface area contributed by atoms with Gasteiger partial charge in [-0.15, -0.1) is 0 Å². The SMILES string of the molecule is COc1cccc(F)c1-c1nc(C(=O)O)c(N)s1. The molecule has 0 atom stereocenters. The lowest BCUT2D eigenvalue weighted by Gasteiger charge is -2.06. The minimum absolute atomic E-state index is 0.0304. The quantitative estimate of drug-likeness (QED) is 0.891. The second-order valence-corrected chi connectivity index (χ2v) is 4.38. The summed E-state index contributed by atoms with van der Waals surface area (Å²) in [6.45, 7) is 0. The van der Waals surface area contributed by atoms with Gasteiger partial charge in [0.15, 0.2) is 5.69 Å². The number of nitrogen functional groups attached to an aromatic ring is 1. The molecule has 1 heterocycles. The van der Waals surface area contributed by atoms with Gasteiger partial charge in [-0.25, -0.2) is 14.2 Å². The highest BCUT2D eigenvalue weighted by Crippen LogP contribution is 2.37. The maximum Gasteiger partial charge on any atom is 0.357 e. The lowest BCUT2D eigenvalue weighted by atomic mass is 10.2. The van der Waals surface area contributed by atoms with E-state index >= 15 is 0 Å². The fourth-order valence-electron chi connectivity index (χ4n) is 1.47. The van der Waals surface area contributed by atoms with Crippen molar-refractivity contribution < 1.29 is 19.0 Å². The topological polar surface area (TPSA) is 85.4 Å². The van der Waals surface area contributed by atoms with E-state index in [-0.39, 0.29) is 27.0 Å². The van der Waals surface area contributed by atoms with Gasteiger partial charge in [0, 0.05) is 0 Å². The van der Waals surface area contributed by atoms with Crippen molar-refractivity contribution >= 4 is 22.3 Å². The Bertz CT molecular complexity index is 612. The Morgan fingerprint density at radius 1 is 1.56 bits per heavy atom. The van der Waals surface area contributed by atoms with E-state index in [0.29, 0.717) is 0 Å². The lowest BCUT2D eigenvalue weighted by molar-refractivity contribution is 0.0692. The molecule has 94 valence electrons. The zero-order valence-corrected chi connectivity index (χ0v) is 10.1. The molecule has 0 radical (unpaired) electrons. The number of halogens is 1. The Morgan fingerprint density at radius 3 is 2.83 bits per heavy atom. The first-order chi connectivity index (χ1) is 8.54. The number of aromatic nitrogens is 1. The van der Waals surface area contributed by atoms with Crippen LogP contribution >= 0.6 is 11.3 Å². The van der Waals surface area contributed by atoms with Gasteiger partial charge in [-0.2, -0.15) is 0 Å². The molecule has 0 spiro atoms. The molecule has 0 saturated carbocycles. The highest BCUT2D eigenvalue weighted by molar-refractivity contribution is 7.19. The van der Waals surface area contributed by atoms with Gasteiger partial charge in [0.05, 0.1) is 12.7 Å². The molecule has 3 N–H and O–H groups in total. The Labute approximate surface area is 106 Å². The molecule has 2 rings (SSSR count). The maximum atomic E-state index is 13.8. The predicted molar refractivity (Wildman–Crippen MR) is 65.4 cm³/mol. The number of thiazole rings is 1. The summed E-state index contributed by atoms with van der Waals surface area (Å²) in [6, 6.07) is 4.30. The Morgan fingerprint density at radius 2 is 2.28 bits per heavy atom. The summed E-state index contributed by atoms with van der Waals surface area (Å²) in [5, 5.41) is 9.07. The number of benzene rings is 1.